The molecule has 0 spiro atoms. The highest BCUT2D eigenvalue weighted by molar-refractivity contribution is 6.35. The van der Waals surface area contributed by atoms with Crippen molar-refractivity contribution in [3.05, 3.63) is 46.2 Å². The van der Waals surface area contributed by atoms with E-state index < -0.39 is 0 Å². The van der Waals surface area contributed by atoms with E-state index in [0.717, 1.165) is 5.56 Å². The summed E-state index contributed by atoms with van der Waals surface area (Å²) in [5.74, 6) is 0.579. The van der Waals surface area contributed by atoms with Crippen LogP contribution in [0.3, 0.4) is 0 Å². The summed E-state index contributed by atoms with van der Waals surface area (Å²) >= 11 is 11.9. The zero-order valence-electron chi connectivity index (χ0n) is 15.7. The van der Waals surface area contributed by atoms with Gasteiger partial charge in [0.25, 0.3) is 0 Å². The minimum absolute atomic E-state index is 0.0554. The first-order valence-corrected chi connectivity index (χ1v) is 9.37. The summed E-state index contributed by atoms with van der Waals surface area (Å²) in [6.45, 7) is 1.43. The number of likely N-dealkylation sites (N-methyl/N-ethyl adjacent to an activating group) is 1. The van der Waals surface area contributed by atoms with Gasteiger partial charge in [0.1, 0.15) is 5.75 Å². The maximum Gasteiger partial charge on any atom is 0.314 e. The van der Waals surface area contributed by atoms with E-state index in [2.05, 4.69) is 15.7 Å². The second-order valence-corrected chi connectivity index (χ2v) is 7.18. The number of urea groups is 1. The van der Waals surface area contributed by atoms with Crippen LogP contribution < -0.4 is 15.4 Å². The van der Waals surface area contributed by atoms with Gasteiger partial charge in [-0.15, -0.1) is 0 Å². The number of hydrogen-bond acceptors (Lipinski definition) is 4. The van der Waals surface area contributed by atoms with Crippen LogP contribution >= 0.6 is 23.2 Å². The largest absolute Gasteiger partial charge is 0.492 e. The molecule has 0 aliphatic heterocycles. The summed E-state index contributed by atoms with van der Waals surface area (Å²) < 4.78 is 7.33. The molecule has 0 aliphatic carbocycles. The molecule has 148 valence electrons. The number of halogens is 2. The first-order valence-electron chi connectivity index (χ1n) is 8.61. The predicted octanol–water partition coefficient (Wildman–Crippen LogP) is 3.10. The number of aryl methyl sites for hydroxylation is 1. The van der Waals surface area contributed by atoms with Crippen LogP contribution in [0.5, 0.6) is 5.75 Å². The third-order valence-corrected chi connectivity index (χ3v) is 4.48. The van der Waals surface area contributed by atoms with E-state index in [0.29, 0.717) is 41.9 Å². The molecule has 1 unspecified atom stereocenters. The summed E-state index contributed by atoms with van der Waals surface area (Å²) in [5.41, 5.74) is 1.05. The summed E-state index contributed by atoms with van der Waals surface area (Å²) in [5, 5.41) is 10.9. The topological polar surface area (TPSA) is 71.4 Å². The third-order valence-electron chi connectivity index (χ3n) is 3.95. The molecule has 2 N–H and O–H groups in total. The van der Waals surface area contributed by atoms with E-state index in [1.165, 1.54) is 0 Å². The normalized spacial score (nSPS) is 12.1. The van der Waals surface area contributed by atoms with E-state index in [1.54, 1.807) is 22.9 Å². The smallest absolute Gasteiger partial charge is 0.314 e. The maximum atomic E-state index is 12.0. The molecule has 1 heterocycles. The van der Waals surface area contributed by atoms with Crippen LogP contribution in [0.1, 0.15) is 18.0 Å². The summed E-state index contributed by atoms with van der Waals surface area (Å²) in [7, 11) is 5.81. The lowest BCUT2D eigenvalue weighted by molar-refractivity contribution is 0.231. The number of nitrogens with one attached hydrogen (secondary N) is 2. The average Bonchev–Trinajstić information content (AvgIpc) is 3.02. The van der Waals surface area contributed by atoms with Gasteiger partial charge in [0.2, 0.25) is 0 Å². The quantitative estimate of drug-likeness (QED) is 0.619. The van der Waals surface area contributed by atoms with Gasteiger partial charge in [-0.25, -0.2) is 4.79 Å². The Labute approximate surface area is 169 Å². The fourth-order valence-corrected chi connectivity index (χ4v) is 2.97. The zero-order chi connectivity index (χ0) is 19.8. The predicted molar refractivity (Wildman–Crippen MR) is 108 cm³/mol. The minimum atomic E-state index is -0.213. The van der Waals surface area contributed by atoms with E-state index >= 15 is 0 Å². The summed E-state index contributed by atoms with van der Waals surface area (Å²) in [6, 6.07) is 4.92. The number of benzene rings is 1. The molecule has 2 amide bonds. The van der Waals surface area contributed by atoms with Crippen molar-refractivity contribution in [3.63, 3.8) is 0 Å². The van der Waals surface area contributed by atoms with Crippen LogP contribution in [0.15, 0.2) is 30.6 Å². The summed E-state index contributed by atoms with van der Waals surface area (Å²) in [4.78, 5) is 14.0. The van der Waals surface area contributed by atoms with Gasteiger partial charge in [0.05, 0.1) is 23.9 Å². The lowest BCUT2D eigenvalue weighted by Gasteiger charge is -2.23. The SMILES string of the molecule is CN(C)C(CNC(=O)NCCCOc1ccc(Cl)cc1Cl)c1cnn(C)c1. The molecule has 0 saturated heterocycles. The van der Waals surface area contributed by atoms with E-state index in [4.69, 9.17) is 27.9 Å². The number of hydrogen-bond donors (Lipinski definition) is 2. The Morgan fingerprint density at radius 2 is 2.11 bits per heavy atom. The Morgan fingerprint density at radius 1 is 1.33 bits per heavy atom. The van der Waals surface area contributed by atoms with Gasteiger partial charge < -0.3 is 20.3 Å². The van der Waals surface area contributed by atoms with Crippen molar-refractivity contribution in [1.82, 2.24) is 25.3 Å². The van der Waals surface area contributed by atoms with Gasteiger partial charge in [0, 0.05) is 36.9 Å². The number of rotatable bonds is 9. The van der Waals surface area contributed by atoms with Crippen LogP contribution in [-0.4, -0.2) is 54.5 Å². The van der Waals surface area contributed by atoms with Crippen LogP contribution in [0.2, 0.25) is 10.0 Å². The number of carbonyl (C=O) groups is 1. The average molecular weight is 414 g/mol. The Morgan fingerprint density at radius 3 is 2.74 bits per heavy atom. The monoisotopic (exact) mass is 413 g/mol. The van der Waals surface area contributed by atoms with Crippen molar-refractivity contribution in [1.29, 1.82) is 0 Å². The zero-order valence-corrected chi connectivity index (χ0v) is 17.2. The molecule has 0 bridgehead atoms. The fourth-order valence-electron chi connectivity index (χ4n) is 2.51. The standard InChI is InChI=1S/C18H25Cl2N5O2/c1-24(2)16(13-10-23-25(3)12-13)11-22-18(26)21-7-4-8-27-17-6-5-14(19)9-15(17)20/h5-6,9-10,12,16H,4,7-8,11H2,1-3H3,(H2,21,22,26). The molecular weight excluding hydrogens is 389 g/mol. The Hall–Kier alpha value is -1.96. The molecule has 0 aliphatic rings. The van der Waals surface area contributed by atoms with Gasteiger partial charge in [-0.05, 0) is 38.7 Å². The van der Waals surface area contributed by atoms with Gasteiger partial charge in [0.15, 0.2) is 0 Å². The van der Waals surface area contributed by atoms with Crippen molar-refractivity contribution in [2.45, 2.75) is 12.5 Å². The molecule has 0 radical (unpaired) electrons. The molecule has 1 atom stereocenters. The molecule has 9 heteroatoms. The molecule has 0 fully saturated rings. The first kappa shape index (κ1) is 21.3. The van der Waals surface area contributed by atoms with E-state index in [9.17, 15) is 4.79 Å². The highest BCUT2D eigenvalue weighted by atomic mass is 35.5. The van der Waals surface area contributed by atoms with Crippen LogP contribution in [-0.2, 0) is 7.05 Å². The highest BCUT2D eigenvalue weighted by Crippen LogP contribution is 2.27. The van der Waals surface area contributed by atoms with Gasteiger partial charge in [-0.1, -0.05) is 23.2 Å². The van der Waals surface area contributed by atoms with Crippen molar-refractivity contribution in [2.24, 2.45) is 7.05 Å². The highest BCUT2D eigenvalue weighted by Gasteiger charge is 2.16. The Kier molecular flexibility index (Phi) is 8.22. The van der Waals surface area contributed by atoms with Gasteiger partial charge in [-0.3, -0.25) is 4.68 Å². The van der Waals surface area contributed by atoms with Crippen LogP contribution in [0, 0.1) is 0 Å². The molecule has 1 aromatic heterocycles. The second-order valence-electron chi connectivity index (χ2n) is 6.34. The molecule has 1 aromatic carbocycles. The van der Waals surface area contributed by atoms with Crippen molar-refractivity contribution >= 4 is 29.2 Å². The second kappa shape index (κ2) is 10.4. The number of amides is 2. The van der Waals surface area contributed by atoms with E-state index in [1.807, 2.05) is 38.4 Å². The number of aromatic nitrogens is 2. The van der Waals surface area contributed by atoms with Crippen molar-refractivity contribution < 1.29 is 9.53 Å². The lowest BCUT2D eigenvalue weighted by Crippen LogP contribution is -2.41. The number of nitrogens with zero attached hydrogens (tertiary/aromatic N) is 3. The minimum Gasteiger partial charge on any atom is -0.492 e. The molecule has 0 saturated carbocycles. The van der Waals surface area contributed by atoms with Crippen molar-refractivity contribution in [2.75, 3.05) is 33.8 Å². The van der Waals surface area contributed by atoms with Gasteiger partial charge in [-0.2, -0.15) is 5.10 Å². The Balaban J connectivity index is 1.66. The first-order chi connectivity index (χ1) is 12.9. The maximum absolute atomic E-state index is 12.0. The number of carbonyl (C=O) groups excluding carboxylic acids is 1. The molecule has 7 nitrogen and oxygen atoms in total. The Bertz CT molecular complexity index is 751. The van der Waals surface area contributed by atoms with Crippen LogP contribution in [0.25, 0.3) is 0 Å². The molecular formula is C18H25Cl2N5O2. The fraction of sp³-hybridized carbons (Fsp3) is 0.444. The van der Waals surface area contributed by atoms with Crippen LogP contribution in [0.4, 0.5) is 4.79 Å². The number of ether oxygens (including phenoxy) is 1. The van der Waals surface area contributed by atoms with Gasteiger partial charge >= 0.3 is 6.03 Å². The molecule has 27 heavy (non-hydrogen) atoms. The van der Waals surface area contributed by atoms with E-state index in [-0.39, 0.29) is 12.1 Å². The lowest BCUT2D eigenvalue weighted by atomic mass is 10.1. The third kappa shape index (κ3) is 6.93. The summed E-state index contributed by atoms with van der Waals surface area (Å²) in [6.07, 6.45) is 4.42. The molecule has 2 rings (SSSR count). The molecule has 2 aromatic rings. The van der Waals surface area contributed by atoms with Crippen molar-refractivity contribution in [3.8, 4) is 5.75 Å².